The highest BCUT2D eigenvalue weighted by molar-refractivity contribution is 5.57. The number of halogens is 3. The molecule has 5 nitrogen and oxygen atoms in total. The number of furan rings is 1. The Kier molecular flexibility index (Phi) is 5.62. The number of alkyl halides is 3. The molecule has 0 amide bonds. The maximum atomic E-state index is 13.2. The summed E-state index contributed by atoms with van der Waals surface area (Å²) in [7, 11) is 0. The number of rotatable bonds is 7. The van der Waals surface area contributed by atoms with Crippen LogP contribution in [-0.4, -0.2) is 40.9 Å². The molecule has 0 atom stereocenters. The first-order valence-electron chi connectivity index (χ1n) is 9.67. The number of hydrogen-bond donors (Lipinski definition) is 0. The van der Waals surface area contributed by atoms with Gasteiger partial charge in [0.05, 0.1) is 18.6 Å². The highest BCUT2D eigenvalue weighted by Gasteiger charge is 2.35. The van der Waals surface area contributed by atoms with E-state index in [4.69, 9.17) is 9.15 Å². The molecular weight excluding hydrogens is 383 g/mol. The Labute approximate surface area is 166 Å². The third kappa shape index (κ3) is 4.64. The van der Waals surface area contributed by atoms with Crippen LogP contribution >= 0.6 is 0 Å². The topological polar surface area (TPSA) is 43.4 Å². The van der Waals surface area contributed by atoms with Crippen LogP contribution in [0.3, 0.4) is 0 Å². The van der Waals surface area contributed by atoms with Gasteiger partial charge >= 0.3 is 6.18 Å². The van der Waals surface area contributed by atoms with Gasteiger partial charge in [-0.1, -0.05) is 0 Å². The average molecular weight is 405 g/mol. The molecule has 0 unspecified atom stereocenters. The van der Waals surface area contributed by atoms with Gasteiger partial charge in [-0.25, -0.2) is 4.68 Å². The first kappa shape index (κ1) is 19.6. The molecule has 0 spiro atoms. The normalized spacial score (nSPS) is 15.1. The number of aromatic nitrogens is 2. The van der Waals surface area contributed by atoms with Gasteiger partial charge in [0.15, 0.2) is 11.5 Å². The standard InChI is InChI=1S/C21H22F3N3O2/c22-21(23,24)20-15-18(19-5-3-13-29-19)27(25-20)16-6-8-17(9-7-16)28-14-4-12-26-10-1-2-11-26/h3,5-9,13,15H,1-2,4,10-12,14H2. The van der Waals surface area contributed by atoms with Crippen LogP contribution in [0.1, 0.15) is 25.0 Å². The fourth-order valence-electron chi connectivity index (χ4n) is 3.48. The molecule has 0 N–H and O–H groups in total. The average Bonchev–Trinajstić information content (AvgIpc) is 3.46. The highest BCUT2D eigenvalue weighted by Crippen LogP contribution is 2.33. The Morgan fingerprint density at radius 3 is 2.48 bits per heavy atom. The molecule has 3 aromatic rings. The van der Waals surface area contributed by atoms with Crippen LogP contribution in [0.5, 0.6) is 5.75 Å². The smallest absolute Gasteiger partial charge is 0.435 e. The number of ether oxygens (including phenoxy) is 1. The summed E-state index contributed by atoms with van der Waals surface area (Å²) in [5, 5.41) is 3.74. The third-order valence-electron chi connectivity index (χ3n) is 4.94. The number of hydrogen-bond acceptors (Lipinski definition) is 4. The first-order chi connectivity index (χ1) is 14.0. The number of nitrogens with zero attached hydrogens (tertiary/aromatic N) is 3. The van der Waals surface area contributed by atoms with Crippen LogP contribution in [-0.2, 0) is 6.18 Å². The first-order valence-corrected chi connectivity index (χ1v) is 9.67. The van der Waals surface area contributed by atoms with Crippen molar-refractivity contribution in [3.63, 3.8) is 0 Å². The molecule has 1 aliphatic rings. The van der Waals surface area contributed by atoms with E-state index in [1.165, 1.54) is 23.8 Å². The minimum Gasteiger partial charge on any atom is -0.494 e. The SMILES string of the molecule is FC(F)(F)c1cc(-c2ccco2)n(-c2ccc(OCCCN3CCCC3)cc2)n1. The van der Waals surface area contributed by atoms with Crippen molar-refractivity contribution in [2.24, 2.45) is 0 Å². The van der Waals surface area contributed by atoms with Crippen LogP contribution in [0.15, 0.2) is 53.1 Å². The van der Waals surface area contributed by atoms with E-state index in [2.05, 4.69) is 10.00 Å². The molecule has 0 aliphatic carbocycles. The molecule has 154 valence electrons. The van der Waals surface area contributed by atoms with Crippen molar-refractivity contribution in [2.75, 3.05) is 26.2 Å². The van der Waals surface area contributed by atoms with Crippen molar-refractivity contribution in [1.82, 2.24) is 14.7 Å². The largest absolute Gasteiger partial charge is 0.494 e. The summed E-state index contributed by atoms with van der Waals surface area (Å²) in [4.78, 5) is 2.43. The van der Waals surface area contributed by atoms with Crippen LogP contribution < -0.4 is 4.74 Å². The summed E-state index contributed by atoms with van der Waals surface area (Å²) in [6.45, 7) is 3.96. The zero-order chi connectivity index (χ0) is 20.3. The Balaban J connectivity index is 1.46. The second-order valence-electron chi connectivity index (χ2n) is 7.05. The summed E-state index contributed by atoms with van der Waals surface area (Å²) in [6, 6.07) is 11.1. The predicted octanol–water partition coefficient (Wildman–Crippen LogP) is 5.02. The fourth-order valence-corrected chi connectivity index (χ4v) is 3.48. The fraction of sp³-hybridized carbons (Fsp3) is 0.381. The van der Waals surface area contributed by atoms with Crippen molar-refractivity contribution >= 4 is 0 Å². The van der Waals surface area contributed by atoms with Crippen molar-refractivity contribution < 1.29 is 22.3 Å². The maximum Gasteiger partial charge on any atom is 0.435 e. The van der Waals surface area contributed by atoms with Gasteiger partial charge in [0.25, 0.3) is 0 Å². The van der Waals surface area contributed by atoms with Gasteiger partial charge in [-0.05, 0) is 68.8 Å². The van der Waals surface area contributed by atoms with Gasteiger partial charge in [0, 0.05) is 12.6 Å². The van der Waals surface area contributed by atoms with Gasteiger partial charge in [-0.15, -0.1) is 0 Å². The van der Waals surface area contributed by atoms with E-state index in [1.54, 1.807) is 36.4 Å². The van der Waals surface area contributed by atoms with Crippen LogP contribution in [0, 0.1) is 0 Å². The van der Waals surface area contributed by atoms with Crippen molar-refractivity contribution in [3.8, 4) is 22.9 Å². The minimum absolute atomic E-state index is 0.238. The van der Waals surface area contributed by atoms with E-state index in [0.717, 1.165) is 32.1 Å². The van der Waals surface area contributed by atoms with E-state index >= 15 is 0 Å². The van der Waals surface area contributed by atoms with Gasteiger partial charge in [0.2, 0.25) is 0 Å². The van der Waals surface area contributed by atoms with Crippen LogP contribution in [0.4, 0.5) is 13.2 Å². The van der Waals surface area contributed by atoms with E-state index in [0.29, 0.717) is 23.8 Å². The Morgan fingerprint density at radius 2 is 1.83 bits per heavy atom. The molecular formula is C21H22F3N3O2. The predicted molar refractivity (Wildman–Crippen MR) is 102 cm³/mol. The lowest BCUT2D eigenvalue weighted by atomic mass is 10.2. The summed E-state index contributed by atoms with van der Waals surface area (Å²) in [5.41, 5.74) is -0.232. The minimum atomic E-state index is -4.54. The van der Waals surface area contributed by atoms with Crippen molar-refractivity contribution in [1.29, 1.82) is 0 Å². The van der Waals surface area contributed by atoms with Crippen LogP contribution in [0.25, 0.3) is 17.1 Å². The monoisotopic (exact) mass is 405 g/mol. The van der Waals surface area contributed by atoms with E-state index < -0.39 is 11.9 Å². The quantitative estimate of drug-likeness (QED) is 0.518. The lowest BCUT2D eigenvalue weighted by Crippen LogP contribution is -2.21. The van der Waals surface area contributed by atoms with Crippen molar-refractivity contribution in [2.45, 2.75) is 25.4 Å². The molecule has 3 heterocycles. The Bertz CT molecular complexity index is 912. The summed E-state index contributed by atoms with van der Waals surface area (Å²) in [5.74, 6) is 0.994. The molecule has 29 heavy (non-hydrogen) atoms. The maximum absolute atomic E-state index is 13.2. The molecule has 0 radical (unpaired) electrons. The Hall–Kier alpha value is -2.74. The summed E-state index contributed by atoms with van der Waals surface area (Å²) < 4.78 is 51.8. The number of benzene rings is 1. The molecule has 8 heteroatoms. The van der Waals surface area contributed by atoms with Crippen molar-refractivity contribution in [3.05, 3.63) is 54.4 Å². The molecule has 0 bridgehead atoms. The second-order valence-corrected chi connectivity index (χ2v) is 7.05. The molecule has 1 fully saturated rings. The Morgan fingerprint density at radius 1 is 1.07 bits per heavy atom. The van der Waals surface area contributed by atoms with Gasteiger partial charge < -0.3 is 14.1 Å². The lowest BCUT2D eigenvalue weighted by molar-refractivity contribution is -0.141. The molecule has 1 aromatic carbocycles. The molecule has 4 rings (SSSR count). The van der Waals surface area contributed by atoms with E-state index in [1.807, 2.05) is 0 Å². The molecule has 1 aliphatic heterocycles. The van der Waals surface area contributed by atoms with Crippen LogP contribution in [0.2, 0.25) is 0 Å². The second kappa shape index (κ2) is 8.32. The zero-order valence-corrected chi connectivity index (χ0v) is 15.9. The molecule has 0 saturated carbocycles. The number of likely N-dealkylation sites (tertiary alicyclic amines) is 1. The molecule has 2 aromatic heterocycles. The van der Waals surface area contributed by atoms with E-state index in [-0.39, 0.29) is 5.69 Å². The third-order valence-corrected chi connectivity index (χ3v) is 4.94. The summed E-state index contributed by atoms with van der Waals surface area (Å²) >= 11 is 0. The van der Waals surface area contributed by atoms with E-state index in [9.17, 15) is 13.2 Å². The van der Waals surface area contributed by atoms with Gasteiger partial charge in [0.1, 0.15) is 11.4 Å². The summed E-state index contributed by atoms with van der Waals surface area (Å²) in [6.07, 6.45) is 0.361. The zero-order valence-electron chi connectivity index (χ0n) is 15.9. The highest BCUT2D eigenvalue weighted by atomic mass is 19.4. The van der Waals surface area contributed by atoms with Gasteiger partial charge in [-0.3, -0.25) is 0 Å². The van der Waals surface area contributed by atoms with Gasteiger partial charge in [-0.2, -0.15) is 18.3 Å². The lowest BCUT2D eigenvalue weighted by Gasteiger charge is -2.14. The molecule has 1 saturated heterocycles.